The first-order chi connectivity index (χ1) is 14.5. The number of alkyl halides is 1. The molecule has 0 spiro atoms. The molecule has 0 aromatic heterocycles. The topological polar surface area (TPSA) is 124 Å². The Morgan fingerprint density at radius 3 is 2.65 bits per heavy atom. The van der Waals surface area contributed by atoms with Gasteiger partial charge in [0.25, 0.3) is 0 Å². The van der Waals surface area contributed by atoms with Crippen LogP contribution in [0.4, 0.5) is 4.39 Å². The monoisotopic (exact) mass is 479 g/mol. The highest BCUT2D eigenvalue weighted by molar-refractivity contribution is 7.89. The Morgan fingerprint density at radius 1 is 1.26 bits per heavy atom. The lowest BCUT2D eigenvalue weighted by Gasteiger charge is -2.48. The lowest BCUT2D eigenvalue weighted by atomic mass is 9.63. The lowest BCUT2D eigenvalue weighted by molar-refractivity contribution is -0.119. The molecule has 3 fully saturated rings. The number of hydrogen-bond acceptors (Lipinski definition) is 6. The molecule has 9 nitrogen and oxygen atoms in total. The Bertz CT molecular complexity index is 969. The number of carbonyl (C=O) groups excluding carboxylic acids is 1. The predicted molar refractivity (Wildman–Crippen MR) is 111 cm³/mol. The molecular weight excluding hydrogens is 449 g/mol. The molecule has 2 aliphatic carbocycles. The van der Waals surface area contributed by atoms with E-state index in [4.69, 9.17) is 0 Å². The molecule has 176 valence electrons. The van der Waals surface area contributed by atoms with Crippen LogP contribution in [0.2, 0.25) is 0 Å². The fraction of sp³-hybridized carbons (Fsp3) is 0.842. The van der Waals surface area contributed by atoms with E-state index in [0.717, 1.165) is 16.3 Å². The van der Waals surface area contributed by atoms with Gasteiger partial charge in [0.05, 0.1) is 24.4 Å². The molecule has 12 heteroatoms. The van der Waals surface area contributed by atoms with Gasteiger partial charge in [0.1, 0.15) is 6.17 Å². The van der Waals surface area contributed by atoms with Crippen molar-refractivity contribution in [3.05, 3.63) is 11.6 Å². The van der Waals surface area contributed by atoms with Crippen LogP contribution in [0.15, 0.2) is 11.6 Å². The summed E-state index contributed by atoms with van der Waals surface area (Å²) in [7, 11) is -7.45. The van der Waals surface area contributed by atoms with Gasteiger partial charge < -0.3 is 5.11 Å². The summed E-state index contributed by atoms with van der Waals surface area (Å²) in [5.41, 5.74) is 0.999. The summed E-state index contributed by atoms with van der Waals surface area (Å²) in [6.45, 7) is 2.00. The largest absolute Gasteiger partial charge is 0.391 e. The first kappa shape index (κ1) is 23.1. The van der Waals surface area contributed by atoms with Gasteiger partial charge in [-0.05, 0) is 49.9 Å². The molecule has 4 rings (SSSR count). The standard InChI is InChI=1S/C19H30FN3O6S2/c1-2-7-30(26,27)22-6-5-14(10-22)12-3-4-13-9-16(24)19(18(20)15(13)8-12)23-11-17(25)21-31(23,28)29/h5,12-13,15-16,18-19,24H,2-4,6-11H2,1H3,(H,21,25). The molecule has 6 unspecified atom stereocenters. The summed E-state index contributed by atoms with van der Waals surface area (Å²) < 4.78 is 68.9. The van der Waals surface area contributed by atoms with Crippen LogP contribution < -0.4 is 4.72 Å². The second kappa shape index (κ2) is 8.36. The fourth-order valence-corrected chi connectivity index (χ4v) is 8.48. The summed E-state index contributed by atoms with van der Waals surface area (Å²) in [4.78, 5) is 11.6. The lowest BCUT2D eigenvalue weighted by Crippen LogP contribution is -2.58. The zero-order chi connectivity index (χ0) is 22.6. The Labute approximate surface area is 182 Å². The summed E-state index contributed by atoms with van der Waals surface area (Å²) in [6, 6.07) is -1.29. The second-order valence-electron chi connectivity index (χ2n) is 9.14. The van der Waals surface area contributed by atoms with Crippen LogP contribution in [0.1, 0.15) is 39.0 Å². The molecule has 2 heterocycles. The molecule has 0 aromatic carbocycles. The highest BCUT2D eigenvalue weighted by Crippen LogP contribution is 2.48. The van der Waals surface area contributed by atoms with Gasteiger partial charge >= 0.3 is 10.2 Å². The van der Waals surface area contributed by atoms with E-state index in [0.29, 0.717) is 38.8 Å². The number of nitrogens with one attached hydrogen (secondary N) is 1. The van der Waals surface area contributed by atoms with Crippen LogP contribution in [-0.4, -0.2) is 80.2 Å². The number of fused-ring (bicyclic) bond motifs is 1. The van der Waals surface area contributed by atoms with E-state index in [1.54, 1.807) is 0 Å². The van der Waals surface area contributed by atoms with Crippen LogP contribution in [0.5, 0.6) is 0 Å². The zero-order valence-electron chi connectivity index (χ0n) is 17.5. The minimum atomic E-state index is -4.15. The number of rotatable bonds is 5. The molecule has 0 bridgehead atoms. The summed E-state index contributed by atoms with van der Waals surface area (Å²) >= 11 is 0. The molecule has 0 aromatic rings. The average Bonchev–Trinajstić information content (AvgIpc) is 3.27. The van der Waals surface area contributed by atoms with Crippen LogP contribution in [0.3, 0.4) is 0 Å². The first-order valence-corrected chi connectivity index (χ1v) is 13.9. The van der Waals surface area contributed by atoms with Gasteiger partial charge in [-0.3, -0.25) is 4.79 Å². The number of carbonyl (C=O) groups is 1. The molecular formula is C19H30FN3O6S2. The number of aliphatic hydroxyl groups is 1. The number of aliphatic hydroxyl groups excluding tert-OH is 1. The molecule has 2 aliphatic heterocycles. The van der Waals surface area contributed by atoms with E-state index in [1.807, 2.05) is 17.7 Å². The second-order valence-corrected chi connectivity index (χ2v) is 12.8. The Morgan fingerprint density at radius 2 is 2.00 bits per heavy atom. The van der Waals surface area contributed by atoms with Gasteiger partial charge in [0.2, 0.25) is 15.9 Å². The van der Waals surface area contributed by atoms with Gasteiger partial charge in [-0.1, -0.05) is 18.6 Å². The SMILES string of the molecule is CCCS(=O)(=O)N1CC=C(C2CCC3CC(O)C(N4CC(=O)NS4(=O)=O)C(F)C3C2)C1. The van der Waals surface area contributed by atoms with Crippen molar-refractivity contribution >= 4 is 26.1 Å². The molecule has 1 amide bonds. The number of hydrogen-bond donors (Lipinski definition) is 2. The van der Waals surface area contributed by atoms with E-state index in [2.05, 4.69) is 0 Å². The first-order valence-electron chi connectivity index (χ1n) is 10.8. The third-order valence-electron chi connectivity index (χ3n) is 7.20. The molecule has 2 saturated carbocycles. The van der Waals surface area contributed by atoms with Crippen LogP contribution in [-0.2, 0) is 25.0 Å². The van der Waals surface area contributed by atoms with Gasteiger partial charge in [0.15, 0.2) is 0 Å². The number of sulfonamides is 1. The average molecular weight is 480 g/mol. The Hall–Kier alpha value is -1.08. The van der Waals surface area contributed by atoms with Crippen molar-refractivity contribution in [2.45, 2.75) is 57.3 Å². The smallest absolute Gasteiger partial charge is 0.304 e. The Kier molecular flexibility index (Phi) is 6.23. The van der Waals surface area contributed by atoms with E-state index < -0.39 is 56.9 Å². The van der Waals surface area contributed by atoms with Crippen molar-refractivity contribution in [3.63, 3.8) is 0 Å². The minimum absolute atomic E-state index is 0.0344. The molecule has 6 atom stereocenters. The zero-order valence-corrected chi connectivity index (χ0v) is 19.1. The highest BCUT2D eigenvalue weighted by Gasteiger charge is 2.54. The summed E-state index contributed by atoms with van der Waals surface area (Å²) in [5.74, 6) is -1.10. The van der Waals surface area contributed by atoms with Gasteiger partial charge in [0, 0.05) is 13.1 Å². The van der Waals surface area contributed by atoms with Crippen molar-refractivity contribution in [2.24, 2.45) is 17.8 Å². The number of amides is 1. The van der Waals surface area contributed by atoms with E-state index in [9.17, 15) is 26.7 Å². The van der Waals surface area contributed by atoms with E-state index in [1.165, 1.54) is 4.31 Å². The fourth-order valence-electron chi connectivity index (χ4n) is 5.73. The van der Waals surface area contributed by atoms with Gasteiger partial charge in [-0.25, -0.2) is 17.5 Å². The molecule has 2 N–H and O–H groups in total. The van der Waals surface area contributed by atoms with Crippen LogP contribution >= 0.6 is 0 Å². The van der Waals surface area contributed by atoms with Crippen molar-refractivity contribution in [1.82, 2.24) is 13.3 Å². The van der Waals surface area contributed by atoms with E-state index >= 15 is 4.39 Å². The van der Waals surface area contributed by atoms with E-state index in [-0.39, 0.29) is 17.6 Å². The molecule has 0 radical (unpaired) electrons. The molecule has 31 heavy (non-hydrogen) atoms. The molecule has 1 saturated heterocycles. The van der Waals surface area contributed by atoms with Crippen molar-refractivity contribution in [1.29, 1.82) is 0 Å². The summed E-state index contributed by atoms with van der Waals surface area (Å²) in [6.07, 6.45) is 1.97. The highest BCUT2D eigenvalue weighted by atomic mass is 32.2. The maximum atomic E-state index is 15.7. The quantitative estimate of drug-likeness (QED) is 0.541. The maximum Gasteiger partial charge on any atom is 0.304 e. The van der Waals surface area contributed by atoms with Crippen molar-refractivity contribution in [3.8, 4) is 0 Å². The number of halogens is 1. The Balaban J connectivity index is 1.47. The van der Waals surface area contributed by atoms with Crippen molar-refractivity contribution < 1.29 is 31.1 Å². The predicted octanol–water partition coefficient (Wildman–Crippen LogP) is 0.149. The maximum absolute atomic E-state index is 15.7. The number of nitrogens with zero attached hydrogens (tertiary/aromatic N) is 2. The third-order valence-corrected chi connectivity index (χ3v) is 10.7. The summed E-state index contributed by atoms with van der Waals surface area (Å²) in [5, 5.41) is 10.5. The third kappa shape index (κ3) is 4.29. The van der Waals surface area contributed by atoms with Gasteiger partial charge in [-0.15, -0.1) is 0 Å². The van der Waals surface area contributed by atoms with Crippen molar-refractivity contribution in [2.75, 3.05) is 25.4 Å². The van der Waals surface area contributed by atoms with Crippen LogP contribution in [0.25, 0.3) is 0 Å². The molecule has 4 aliphatic rings. The van der Waals surface area contributed by atoms with Gasteiger partial charge in [-0.2, -0.15) is 17.0 Å². The van der Waals surface area contributed by atoms with Crippen LogP contribution in [0, 0.1) is 17.8 Å². The normalized spacial score (nSPS) is 39.2. The minimum Gasteiger partial charge on any atom is -0.391 e.